The highest BCUT2D eigenvalue weighted by atomic mass is 19.4. The quantitative estimate of drug-likeness (QED) is 0.124. The van der Waals surface area contributed by atoms with Gasteiger partial charge in [0, 0.05) is 0 Å². The summed E-state index contributed by atoms with van der Waals surface area (Å²) in [5, 5.41) is 0. The van der Waals surface area contributed by atoms with Gasteiger partial charge in [-0.2, -0.15) is 124 Å². The van der Waals surface area contributed by atoms with Crippen LogP contribution in [0, 0.1) is 0 Å². The zero-order valence-electron chi connectivity index (χ0n) is 17.5. The van der Waals surface area contributed by atoms with E-state index in [0.717, 1.165) is 9.47 Å². The van der Waals surface area contributed by atoms with Crippen LogP contribution >= 0.6 is 0 Å². The van der Waals surface area contributed by atoms with Crippen molar-refractivity contribution in [3.63, 3.8) is 0 Å². The van der Waals surface area contributed by atoms with Gasteiger partial charge < -0.3 is 0 Å². The van der Waals surface area contributed by atoms with Gasteiger partial charge in [0.1, 0.15) is 0 Å². The van der Waals surface area contributed by atoms with E-state index in [0.29, 0.717) is 0 Å². The zero-order valence-corrected chi connectivity index (χ0v) is 17.5. The Morgan fingerprint density at radius 1 is 0.238 bits per heavy atom. The molecule has 0 aromatic heterocycles. The number of hydrogen-bond acceptors (Lipinski definition) is 4. The van der Waals surface area contributed by atoms with Crippen molar-refractivity contribution in [3.05, 3.63) is 0 Å². The van der Waals surface area contributed by atoms with Gasteiger partial charge in [0.25, 0.3) is 0 Å². The van der Waals surface area contributed by atoms with Crippen molar-refractivity contribution in [2.24, 2.45) is 0 Å². The Hall–Kier alpha value is -1.98. The summed E-state index contributed by atoms with van der Waals surface area (Å²) in [6, 6.07) is 0. The molecule has 2 atom stereocenters. The molecule has 42 heavy (non-hydrogen) atoms. The van der Waals surface area contributed by atoms with Crippen LogP contribution in [0.4, 0.5) is 114 Å². The highest BCUT2D eigenvalue weighted by Crippen LogP contribution is 2.58. The Morgan fingerprint density at radius 2 is 0.429 bits per heavy atom. The first kappa shape index (κ1) is 40.0. The first-order valence-corrected chi connectivity index (χ1v) is 8.30. The van der Waals surface area contributed by atoms with Gasteiger partial charge in [-0.15, -0.1) is 0 Å². The Bertz CT molecular complexity index is 865. The van der Waals surface area contributed by atoms with Gasteiger partial charge in [-0.3, -0.25) is 9.47 Å². The molecule has 0 saturated carbocycles. The average Bonchev–Trinajstić information content (AvgIpc) is 2.67. The average molecular weight is 702 g/mol. The van der Waals surface area contributed by atoms with Crippen LogP contribution in [0.2, 0.25) is 0 Å². The van der Waals surface area contributed by atoms with Crippen LogP contribution in [0.5, 0.6) is 0 Å². The van der Waals surface area contributed by atoms with Crippen molar-refractivity contribution in [2.45, 2.75) is 72.7 Å². The molecule has 0 radical (unpaired) electrons. The van der Waals surface area contributed by atoms with Gasteiger partial charge in [-0.05, 0) is 0 Å². The summed E-state index contributed by atoms with van der Waals surface area (Å²) in [4.78, 5) is 2.40. The Kier molecular flexibility index (Phi) is 9.81. The minimum Gasteiger partial charge on any atom is -0.262 e. The summed E-state index contributed by atoms with van der Waals surface area (Å²) < 4.78 is 333. The van der Waals surface area contributed by atoms with E-state index in [1.165, 1.54) is 9.78 Å². The van der Waals surface area contributed by atoms with Crippen LogP contribution in [0.1, 0.15) is 0 Å². The maximum absolute atomic E-state index is 13.7. The van der Waals surface area contributed by atoms with Crippen molar-refractivity contribution in [1.82, 2.24) is 0 Å². The lowest BCUT2D eigenvalue weighted by Gasteiger charge is -2.39. The van der Waals surface area contributed by atoms with E-state index in [9.17, 15) is 114 Å². The van der Waals surface area contributed by atoms with E-state index < -0.39 is 72.7 Å². The van der Waals surface area contributed by atoms with Crippen molar-refractivity contribution >= 4 is 0 Å². The number of hydrogen-bond donors (Lipinski definition) is 0. The molecule has 0 bridgehead atoms. The molecule has 0 aliphatic carbocycles. The second-order valence-corrected chi connectivity index (χ2v) is 6.77. The van der Waals surface area contributed by atoms with Crippen molar-refractivity contribution < 1.29 is 133 Å². The minimum absolute atomic E-state index is 1.04. The third-order valence-electron chi connectivity index (χ3n) is 3.71. The van der Waals surface area contributed by atoms with Crippen molar-refractivity contribution in [2.75, 3.05) is 0 Å². The summed E-state index contributed by atoms with van der Waals surface area (Å²) in [6.07, 6.45) is -65.3. The summed E-state index contributed by atoms with van der Waals surface area (Å²) in [7, 11) is 0. The third-order valence-corrected chi connectivity index (χ3v) is 3.71. The normalized spacial score (nSPS) is 19.0. The molecule has 30 heteroatoms. The van der Waals surface area contributed by atoms with Gasteiger partial charge in [-0.1, -0.05) is 0 Å². The molecular weight excluding hydrogens is 702 g/mol. The van der Waals surface area contributed by atoms with Crippen molar-refractivity contribution in [1.29, 1.82) is 0 Å². The molecule has 4 nitrogen and oxygen atoms in total. The molecule has 0 amide bonds. The molecule has 254 valence electrons. The smallest absolute Gasteiger partial charge is 0.262 e. The number of alkyl halides is 26. The number of ether oxygens (including phenoxy) is 2. The standard InChI is InChI=1S/C12F26O4/c13-1(14,5(19,20)21)9(31,32)39-3(17,7(25,26)27)11(35,36)41-42-12(37,38)4(18,8(28,29)30)40-10(33,34)2(15,16)6(22,23)24. The molecule has 0 N–H and O–H groups in total. The second kappa shape index (κ2) is 10.3. The van der Waals surface area contributed by atoms with E-state index in [4.69, 9.17) is 0 Å². The molecule has 0 aromatic carbocycles. The highest BCUT2D eigenvalue weighted by molar-refractivity contribution is 4.95. The Morgan fingerprint density at radius 3 is 0.571 bits per heavy atom. The molecule has 0 fully saturated rings. The van der Waals surface area contributed by atoms with E-state index >= 15 is 0 Å². The summed E-state index contributed by atoms with van der Waals surface area (Å²) in [5.41, 5.74) is 0. The maximum Gasteiger partial charge on any atom is 0.462 e. The van der Waals surface area contributed by atoms with E-state index in [-0.39, 0.29) is 0 Å². The zero-order chi connectivity index (χ0) is 34.8. The molecular formula is C12F26O4. The second-order valence-electron chi connectivity index (χ2n) is 6.77. The lowest BCUT2D eigenvalue weighted by Crippen LogP contribution is -2.67. The minimum atomic E-state index is -8.43. The largest absolute Gasteiger partial charge is 0.462 e. The fraction of sp³-hybridized carbons (Fsp3) is 1.00. The summed E-state index contributed by atoms with van der Waals surface area (Å²) in [5.74, 6) is -33.1. The lowest BCUT2D eigenvalue weighted by molar-refractivity contribution is -0.627. The van der Waals surface area contributed by atoms with Gasteiger partial charge in [0.05, 0.1) is 0 Å². The lowest BCUT2D eigenvalue weighted by atomic mass is 10.2. The van der Waals surface area contributed by atoms with Gasteiger partial charge in [-0.25, -0.2) is 0 Å². The van der Waals surface area contributed by atoms with Gasteiger partial charge in [0.15, 0.2) is 0 Å². The fourth-order valence-corrected chi connectivity index (χ4v) is 1.59. The predicted molar refractivity (Wildman–Crippen MR) is 65.9 cm³/mol. The van der Waals surface area contributed by atoms with Gasteiger partial charge >= 0.3 is 72.7 Å². The summed E-state index contributed by atoms with van der Waals surface area (Å²) in [6.45, 7) is 0. The monoisotopic (exact) mass is 702 g/mol. The number of rotatable bonds is 11. The molecule has 0 aliphatic heterocycles. The Labute approximate surface area is 207 Å². The van der Waals surface area contributed by atoms with E-state index in [2.05, 4.69) is 0 Å². The van der Waals surface area contributed by atoms with Crippen LogP contribution in [-0.2, 0) is 19.2 Å². The molecule has 0 aliphatic rings. The van der Waals surface area contributed by atoms with Crippen LogP contribution in [0.3, 0.4) is 0 Å². The molecule has 0 rings (SSSR count). The molecule has 0 saturated heterocycles. The van der Waals surface area contributed by atoms with Crippen LogP contribution in [-0.4, -0.2) is 72.7 Å². The van der Waals surface area contributed by atoms with E-state index in [1.54, 1.807) is 0 Å². The maximum atomic E-state index is 13.7. The first-order chi connectivity index (χ1) is 17.6. The first-order valence-electron chi connectivity index (χ1n) is 8.30. The van der Waals surface area contributed by atoms with Gasteiger partial charge in [0.2, 0.25) is 0 Å². The number of halogens is 26. The van der Waals surface area contributed by atoms with Crippen LogP contribution < -0.4 is 0 Å². The molecule has 0 heterocycles. The Balaban J connectivity index is 6.79. The molecule has 0 spiro atoms. The molecule has 0 aromatic rings. The van der Waals surface area contributed by atoms with E-state index in [1.807, 2.05) is 0 Å². The van der Waals surface area contributed by atoms with Crippen LogP contribution in [0.15, 0.2) is 0 Å². The molecule has 2 unspecified atom stereocenters. The predicted octanol–water partition coefficient (Wildman–Crippen LogP) is 8.19. The summed E-state index contributed by atoms with van der Waals surface area (Å²) >= 11 is 0. The topological polar surface area (TPSA) is 36.9 Å². The van der Waals surface area contributed by atoms with Crippen LogP contribution in [0.25, 0.3) is 0 Å². The third kappa shape index (κ3) is 6.58. The van der Waals surface area contributed by atoms with Crippen molar-refractivity contribution in [3.8, 4) is 0 Å². The SMILES string of the molecule is FC(F)(F)C(F)(F)C(F)(F)OC(F)(C(F)(F)F)C(F)(F)OOC(F)(F)C(F)(OC(F)(F)C(F)(F)C(F)(F)F)C(F)(F)F. The fourth-order valence-electron chi connectivity index (χ4n) is 1.59. The highest BCUT2D eigenvalue weighted by Gasteiger charge is 2.87.